The third-order valence-corrected chi connectivity index (χ3v) is 2.98. The van der Waals surface area contributed by atoms with Gasteiger partial charge in [-0.25, -0.2) is 0 Å². The standard InChI is InChI=1S/C14H23N3.HI/c1-11(2)13(10-17-14(15-3)16-4)12-8-6-5-7-9-12;/h5-9,11,13H,10H2,1-4H3,(H2,15,16,17);1H. The summed E-state index contributed by atoms with van der Waals surface area (Å²) in [5.74, 6) is 1.94. The van der Waals surface area contributed by atoms with E-state index in [-0.39, 0.29) is 24.0 Å². The van der Waals surface area contributed by atoms with Crippen molar-refractivity contribution in [3.8, 4) is 0 Å². The molecular weight excluding hydrogens is 337 g/mol. The Hall–Kier alpha value is -0.780. The highest BCUT2D eigenvalue weighted by Crippen LogP contribution is 2.23. The number of guanidine groups is 1. The zero-order valence-electron chi connectivity index (χ0n) is 11.6. The minimum atomic E-state index is 0. The van der Waals surface area contributed by atoms with Gasteiger partial charge in [0, 0.05) is 26.6 Å². The van der Waals surface area contributed by atoms with Crippen LogP contribution in [0.4, 0.5) is 0 Å². The van der Waals surface area contributed by atoms with E-state index < -0.39 is 0 Å². The van der Waals surface area contributed by atoms with Crippen LogP contribution >= 0.6 is 24.0 Å². The SMILES string of the molecule is CN=C(NC)NCC(c1ccccc1)C(C)C.I. The molecule has 1 aromatic carbocycles. The van der Waals surface area contributed by atoms with Gasteiger partial charge in [0.1, 0.15) is 0 Å². The van der Waals surface area contributed by atoms with Crippen molar-refractivity contribution in [2.75, 3.05) is 20.6 Å². The molecule has 1 atom stereocenters. The molecule has 0 aliphatic heterocycles. The minimum absolute atomic E-state index is 0. The number of halogens is 1. The fraction of sp³-hybridized carbons (Fsp3) is 0.500. The molecule has 1 unspecified atom stereocenters. The minimum Gasteiger partial charge on any atom is -0.359 e. The molecular formula is C14H24IN3. The second-order valence-corrected chi connectivity index (χ2v) is 4.46. The van der Waals surface area contributed by atoms with Gasteiger partial charge in [-0.3, -0.25) is 4.99 Å². The first-order valence-electron chi connectivity index (χ1n) is 6.12. The van der Waals surface area contributed by atoms with Gasteiger partial charge in [-0.1, -0.05) is 44.2 Å². The Labute approximate surface area is 127 Å². The van der Waals surface area contributed by atoms with Gasteiger partial charge in [0.15, 0.2) is 5.96 Å². The molecule has 0 bridgehead atoms. The Kier molecular flexibility index (Phi) is 8.79. The summed E-state index contributed by atoms with van der Waals surface area (Å²) in [5, 5.41) is 6.37. The lowest BCUT2D eigenvalue weighted by Crippen LogP contribution is -2.38. The van der Waals surface area contributed by atoms with E-state index in [0.717, 1.165) is 12.5 Å². The summed E-state index contributed by atoms with van der Waals surface area (Å²) >= 11 is 0. The molecule has 3 nitrogen and oxygen atoms in total. The Bertz CT molecular complexity index is 349. The van der Waals surface area contributed by atoms with E-state index in [1.807, 2.05) is 7.05 Å². The zero-order valence-corrected chi connectivity index (χ0v) is 13.9. The molecule has 1 aromatic rings. The van der Waals surface area contributed by atoms with Gasteiger partial charge in [0.2, 0.25) is 0 Å². The van der Waals surface area contributed by atoms with Crippen LogP contribution in [-0.2, 0) is 0 Å². The quantitative estimate of drug-likeness (QED) is 0.492. The fourth-order valence-corrected chi connectivity index (χ4v) is 1.92. The topological polar surface area (TPSA) is 36.4 Å². The van der Waals surface area contributed by atoms with Gasteiger partial charge in [0.25, 0.3) is 0 Å². The first-order chi connectivity index (χ1) is 8.19. The van der Waals surface area contributed by atoms with Crippen molar-refractivity contribution < 1.29 is 0 Å². The molecule has 0 spiro atoms. The second-order valence-electron chi connectivity index (χ2n) is 4.46. The molecule has 0 heterocycles. The smallest absolute Gasteiger partial charge is 0.190 e. The summed E-state index contributed by atoms with van der Waals surface area (Å²) in [4.78, 5) is 4.13. The van der Waals surface area contributed by atoms with Gasteiger partial charge in [-0.15, -0.1) is 24.0 Å². The van der Waals surface area contributed by atoms with Crippen LogP contribution in [0.2, 0.25) is 0 Å². The van der Waals surface area contributed by atoms with Gasteiger partial charge in [-0.2, -0.15) is 0 Å². The summed E-state index contributed by atoms with van der Waals surface area (Å²) in [7, 11) is 3.66. The molecule has 18 heavy (non-hydrogen) atoms. The third kappa shape index (κ3) is 5.25. The summed E-state index contributed by atoms with van der Waals surface area (Å²) < 4.78 is 0. The summed E-state index contributed by atoms with van der Waals surface area (Å²) in [6, 6.07) is 10.6. The summed E-state index contributed by atoms with van der Waals surface area (Å²) in [5.41, 5.74) is 1.38. The Morgan fingerprint density at radius 1 is 1.22 bits per heavy atom. The van der Waals surface area contributed by atoms with E-state index in [9.17, 15) is 0 Å². The highest BCUT2D eigenvalue weighted by atomic mass is 127. The number of hydrogen-bond acceptors (Lipinski definition) is 1. The van der Waals surface area contributed by atoms with Crippen molar-refractivity contribution in [2.24, 2.45) is 10.9 Å². The first-order valence-corrected chi connectivity index (χ1v) is 6.12. The monoisotopic (exact) mass is 361 g/mol. The Balaban J connectivity index is 0.00000289. The summed E-state index contributed by atoms with van der Waals surface area (Å²) in [6.45, 7) is 5.40. The average molecular weight is 361 g/mol. The maximum Gasteiger partial charge on any atom is 0.190 e. The van der Waals surface area contributed by atoms with E-state index >= 15 is 0 Å². The van der Waals surface area contributed by atoms with Crippen molar-refractivity contribution in [3.05, 3.63) is 35.9 Å². The number of aliphatic imine (C=N–C) groups is 1. The highest BCUT2D eigenvalue weighted by molar-refractivity contribution is 14.0. The van der Waals surface area contributed by atoms with Crippen LogP contribution in [0, 0.1) is 5.92 Å². The maximum atomic E-state index is 4.13. The third-order valence-electron chi connectivity index (χ3n) is 2.98. The van der Waals surface area contributed by atoms with E-state index in [2.05, 4.69) is 59.8 Å². The zero-order chi connectivity index (χ0) is 12.7. The number of benzene rings is 1. The molecule has 1 rings (SSSR count). The predicted octanol–water partition coefficient (Wildman–Crippen LogP) is 2.84. The van der Waals surface area contributed by atoms with Crippen molar-refractivity contribution in [2.45, 2.75) is 19.8 Å². The van der Waals surface area contributed by atoms with Crippen LogP contribution in [0.3, 0.4) is 0 Å². The molecule has 102 valence electrons. The number of hydrogen-bond donors (Lipinski definition) is 2. The van der Waals surface area contributed by atoms with E-state index in [1.54, 1.807) is 7.05 Å². The molecule has 2 N–H and O–H groups in total. The first kappa shape index (κ1) is 17.2. The summed E-state index contributed by atoms with van der Waals surface area (Å²) in [6.07, 6.45) is 0. The van der Waals surface area contributed by atoms with Crippen LogP contribution in [-0.4, -0.2) is 26.6 Å². The molecule has 0 aromatic heterocycles. The van der Waals surface area contributed by atoms with Crippen LogP contribution < -0.4 is 10.6 Å². The lowest BCUT2D eigenvalue weighted by Gasteiger charge is -2.22. The number of nitrogens with zero attached hydrogens (tertiary/aromatic N) is 1. The van der Waals surface area contributed by atoms with Crippen LogP contribution in [0.15, 0.2) is 35.3 Å². The van der Waals surface area contributed by atoms with E-state index in [4.69, 9.17) is 0 Å². The normalized spacial score (nSPS) is 12.8. The highest BCUT2D eigenvalue weighted by Gasteiger charge is 2.15. The lowest BCUT2D eigenvalue weighted by atomic mass is 9.88. The Morgan fingerprint density at radius 3 is 2.28 bits per heavy atom. The molecule has 0 saturated heterocycles. The molecule has 0 saturated carbocycles. The number of nitrogens with one attached hydrogen (secondary N) is 2. The molecule has 0 aliphatic carbocycles. The molecule has 0 amide bonds. The average Bonchev–Trinajstić information content (AvgIpc) is 2.35. The van der Waals surface area contributed by atoms with Crippen molar-refractivity contribution >= 4 is 29.9 Å². The molecule has 4 heteroatoms. The van der Waals surface area contributed by atoms with Crippen LogP contribution in [0.1, 0.15) is 25.3 Å². The molecule has 0 fully saturated rings. The lowest BCUT2D eigenvalue weighted by molar-refractivity contribution is 0.489. The van der Waals surface area contributed by atoms with Gasteiger partial charge in [0.05, 0.1) is 0 Å². The Morgan fingerprint density at radius 2 is 1.83 bits per heavy atom. The van der Waals surface area contributed by atoms with Crippen LogP contribution in [0.5, 0.6) is 0 Å². The van der Waals surface area contributed by atoms with Crippen molar-refractivity contribution in [1.29, 1.82) is 0 Å². The van der Waals surface area contributed by atoms with Gasteiger partial charge in [-0.05, 0) is 11.5 Å². The van der Waals surface area contributed by atoms with Gasteiger partial charge >= 0.3 is 0 Å². The predicted molar refractivity (Wildman–Crippen MR) is 89.9 cm³/mol. The van der Waals surface area contributed by atoms with Crippen molar-refractivity contribution in [3.63, 3.8) is 0 Å². The van der Waals surface area contributed by atoms with Crippen molar-refractivity contribution in [1.82, 2.24) is 10.6 Å². The second kappa shape index (κ2) is 9.19. The fourth-order valence-electron chi connectivity index (χ4n) is 1.92. The van der Waals surface area contributed by atoms with Crippen LogP contribution in [0.25, 0.3) is 0 Å². The molecule has 0 radical (unpaired) electrons. The van der Waals surface area contributed by atoms with Gasteiger partial charge < -0.3 is 10.6 Å². The largest absolute Gasteiger partial charge is 0.359 e. The maximum absolute atomic E-state index is 4.13. The van der Waals surface area contributed by atoms with E-state index in [0.29, 0.717) is 11.8 Å². The van der Waals surface area contributed by atoms with E-state index in [1.165, 1.54) is 5.56 Å². The number of rotatable bonds is 4. The molecule has 0 aliphatic rings.